The molecular formula is C23H22N4O. The van der Waals surface area contributed by atoms with Crippen molar-refractivity contribution < 1.29 is 4.79 Å². The predicted octanol–water partition coefficient (Wildman–Crippen LogP) is 2.40. The molecule has 3 aromatic rings. The summed E-state index contributed by atoms with van der Waals surface area (Å²) in [6.07, 6.45) is 1.04. The number of carbonyl (C=O) groups is 1. The van der Waals surface area contributed by atoms with Gasteiger partial charge in [0, 0.05) is 32.2 Å². The molecule has 5 rings (SSSR count). The molecule has 0 bridgehead atoms. The molecule has 5 heteroatoms. The molecule has 1 N–H and O–H groups in total. The summed E-state index contributed by atoms with van der Waals surface area (Å²) >= 11 is 0. The van der Waals surface area contributed by atoms with Gasteiger partial charge >= 0.3 is 6.03 Å². The minimum absolute atomic E-state index is 0.248. The number of piperazine rings is 1. The lowest BCUT2D eigenvalue weighted by Gasteiger charge is -2.34. The molecule has 0 saturated carbocycles. The van der Waals surface area contributed by atoms with Crippen LogP contribution in [0.1, 0.15) is 17.2 Å². The van der Waals surface area contributed by atoms with Gasteiger partial charge < -0.3 is 5.32 Å². The summed E-state index contributed by atoms with van der Waals surface area (Å²) < 4.78 is 0. The molecule has 0 spiro atoms. The lowest BCUT2D eigenvalue weighted by Crippen LogP contribution is -2.46. The normalized spacial score (nSPS) is 19.3. The van der Waals surface area contributed by atoms with Crippen molar-refractivity contribution in [2.75, 3.05) is 26.2 Å². The SMILES string of the molecule is O=C1N=c2ccc(C3CN(CCc4cccc5ccccc45)CCN3)cc2=N1. The molecule has 3 aromatic carbocycles. The Kier molecular flexibility index (Phi) is 4.47. The van der Waals surface area contributed by atoms with Crippen LogP contribution in [0.15, 0.2) is 70.6 Å². The molecule has 0 radical (unpaired) electrons. The summed E-state index contributed by atoms with van der Waals surface area (Å²) in [5, 5.41) is 7.62. The van der Waals surface area contributed by atoms with Crippen molar-refractivity contribution in [3.63, 3.8) is 0 Å². The van der Waals surface area contributed by atoms with Gasteiger partial charge in [-0.1, -0.05) is 48.5 Å². The molecule has 2 aliphatic heterocycles. The summed E-state index contributed by atoms with van der Waals surface area (Å²) in [6, 6.07) is 21.0. The van der Waals surface area contributed by atoms with Gasteiger partial charge in [-0.05, 0) is 40.5 Å². The molecule has 2 amide bonds. The van der Waals surface area contributed by atoms with Gasteiger partial charge in [0.05, 0.1) is 10.7 Å². The van der Waals surface area contributed by atoms with E-state index in [4.69, 9.17) is 0 Å². The van der Waals surface area contributed by atoms with Crippen molar-refractivity contribution in [3.8, 4) is 0 Å². The second-order valence-electron chi connectivity index (χ2n) is 7.45. The van der Waals surface area contributed by atoms with Crippen LogP contribution in [0.5, 0.6) is 0 Å². The molecule has 1 fully saturated rings. The average molecular weight is 370 g/mol. The standard InChI is InChI=1S/C23H22N4O/c28-23-25-20-9-8-18(14-21(20)26-23)22-15-27(13-11-24-22)12-10-17-6-3-5-16-4-1-2-7-19(16)17/h1-9,14,22,24H,10-13,15H2. The molecule has 0 aromatic heterocycles. The number of fused-ring (bicyclic) bond motifs is 2. The predicted molar refractivity (Wildman–Crippen MR) is 109 cm³/mol. The minimum Gasteiger partial charge on any atom is -0.308 e. The van der Waals surface area contributed by atoms with Gasteiger partial charge in [-0.3, -0.25) is 4.90 Å². The van der Waals surface area contributed by atoms with Crippen LogP contribution in [-0.2, 0) is 6.42 Å². The maximum absolute atomic E-state index is 11.4. The Hall–Kier alpha value is -2.89. The molecule has 5 nitrogen and oxygen atoms in total. The highest BCUT2D eigenvalue weighted by atomic mass is 16.2. The van der Waals surface area contributed by atoms with E-state index in [1.807, 2.05) is 12.1 Å². The molecule has 0 aliphatic carbocycles. The van der Waals surface area contributed by atoms with Crippen LogP contribution in [0.4, 0.5) is 4.79 Å². The number of hydrogen-bond donors (Lipinski definition) is 1. The van der Waals surface area contributed by atoms with E-state index in [2.05, 4.69) is 68.7 Å². The summed E-state index contributed by atoms with van der Waals surface area (Å²) in [6.45, 7) is 3.99. The highest BCUT2D eigenvalue weighted by Crippen LogP contribution is 2.20. The third kappa shape index (κ3) is 3.35. The van der Waals surface area contributed by atoms with Crippen molar-refractivity contribution in [3.05, 3.63) is 82.5 Å². The topological polar surface area (TPSA) is 57.1 Å². The van der Waals surface area contributed by atoms with Crippen LogP contribution < -0.4 is 16.0 Å². The van der Waals surface area contributed by atoms with Crippen LogP contribution >= 0.6 is 0 Å². The third-order valence-corrected chi connectivity index (χ3v) is 5.67. The van der Waals surface area contributed by atoms with Gasteiger partial charge in [0.15, 0.2) is 0 Å². The monoisotopic (exact) mass is 370 g/mol. The Balaban J connectivity index is 1.30. The lowest BCUT2D eigenvalue weighted by molar-refractivity contribution is 0.203. The Morgan fingerprint density at radius 3 is 2.82 bits per heavy atom. The van der Waals surface area contributed by atoms with Crippen molar-refractivity contribution >= 4 is 16.8 Å². The van der Waals surface area contributed by atoms with Crippen molar-refractivity contribution in [2.24, 2.45) is 9.98 Å². The van der Waals surface area contributed by atoms with Crippen LogP contribution in [-0.4, -0.2) is 37.1 Å². The number of urea groups is 1. The number of nitrogens with zero attached hydrogens (tertiary/aromatic N) is 3. The fraction of sp³-hybridized carbons (Fsp3) is 0.261. The lowest BCUT2D eigenvalue weighted by atomic mass is 10.0. The fourth-order valence-electron chi connectivity index (χ4n) is 4.20. The smallest absolute Gasteiger partial charge is 0.308 e. The van der Waals surface area contributed by atoms with Crippen LogP contribution in [0.2, 0.25) is 0 Å². The maximum Gasteiger partial charge on any atom is 0.368 e. The van der Waals surface area contributed by atoms with Crippen LogP contribution in [0, 0.1) is 0 Å². The zero-order valence-corrected chi connectivity index (χ0v) is 15.6. The van der Waals surface area contributed by atoms with E-state index in [1.165, 1.54) is 21.9 Å². The number of amides is 2. The third-order valence-electron chi connectivity index (χ3n) is 5.67. The molecule has 28 heavy (non-hydrogen) atoms. The number of carbonyl (C=O) groups excluding carboxylic acids is 1. The first-order chi connectivity index (χ1) is 13.8. The minimum atomic E-state index is -0.402. The second-order valence-corrected chi connectivity index (χ2v) is 7.45. The summed E-state index contributed by atoms with van der Waals surface area (Å²) in [4.78, 5) is 21.8. The molecule has 1 saturated heterocycles. The van der Waals surface area contributed by atoms with E-state index in [9.17, 15) is 4.79 Å². The van der Waals surface area contributed by atoms with E-state index in [0.717, 1.165) is 32.6 Å². The number of nitrogens with one attached hydrogen (secondary N) is 1. The van der Waals surface area contributed by atoms with E-state index in [1.54, 1.807) is 0 Å². The van der Waals surface area contributed by atoms with Crippen molar-refractivity contribution in [2.45, 2.75) is 12.5 Å². The van der Waals surface area contributed by atoms with Gasteiger partial charge in [-0.2, -0.15) is 9.98 Å². The maximum atomic E-state index is 11.4. The van der Waals surface area contributed by atoms with Crippen molar-refractivity contribution in [1.29, 1.82) is 0 Å². The van der Waals surface area contributed by atoms with Gasteiger partial charge in [-0.15, -0.1) is 0 Å². The van der Waals surface area contributed by atoms with Crippen LogP contribution in [0.25, 0.3) is 10.8 Å². The molecule has 1 atom stereocenters. The first-order valence-corrected chi connectivity index (χ1v) is 9.80. The van der Waals surface area contributed by atoms with E-state index >= 15 is 0 Å². The second kappa shape index (κ2) is 7.26. The largest absolute Gasteiger partial charge is 0.368 e. The highest BCUT2D eigenvalue weighted by Gasteiger charge is 2.21. The average Bonchev–Trinajstić information content (AvgIpc) is 3.11. The number of hydrogen-bond acceptors (Lipinski definition) is 3. The van der Waals surface area contributed by atoms with E-state index < -0.39 is 6.03 Å². The van der Waals surface area contributed by atoms with Crippen LogP contribution in [0.3, 0.4) is 0 Å². The van der Waals surface area contributed by atoms with E-state index in [-0.39, 0.29) is 6.04 Å². The summed E-state index contributed by atoms with van der Waals surface area (Å²) in [5.41, 5.74) is 2.58. The first kappa shape index (κ1) is 17.2. The fourth-order valence-corrected chi connectivity index (χ4v) is 4.20. The Bertz CT molecular complexity index is 1170. The Morgan fingerprint density at radius 2 is 1.86 bits per heavy atom. The molecular weight excluding hydrogens is 348 g/mol. The molecule has 140 valence electrons. The highest BCUT2D eigenvalue weighted by molar-refractivity contribution is 5.85. The Labute approximate surface area is 163 Å². The zero-order chi connectivity index (χ0) is 18.9. The van der Waals surface area contributed by atoms with Gasteiger partial charge in [-0.25, -0.2) is 4.79 Å². The summed E-state index contributed by atoms with van der Waals surface area (Å²) in [5.74, 6) is 0. The molecule has 2 aliphatic rings. The molecule has 1 unspecified atom stereocenters. The van der Waals surface area contributed by atoms with E-state index in [0.29, 0.717) is 10.7 Å². The van der Waals surface area contributed by atoms with Gasteiger partial charge in [0.2, 0.25) is 0 Å². The van der Waals surface area contributed by atoms with Gasteiger partial charge in [0.25, 0.3) is 0 Å². The first-order valence-electron chi connectivity index (χ1n) is 9.80. The Morgan fingerprint density at radius 1 is 1.00 bits per heavy atom. The summed E-state index contributed by atoms with van der Waals surface area (Å²) in [7, 11) is 0. The van der Waals surface area contributed by atoms with Gasteiger partial charge in [0.1, 0.15) is 0 Å². The zero-order valence-electron chi connectivity index (χ0n) is 15.6. The quantitative estimate of drug-likeness (QED) is 0.767. The number of rotatable bonds is 4. The number of benzene rings is 3. The molecule has 2 heterocycles. The van der Waals surface area contributed by atoms with Crippen molar-refractivity contribution in [1.82, 2.24) is 10.2 Å².